The maximum absolute atomic E-state index is 13.0. The molecule has 6 nitrogen and oxygen atoms in total. The van der Waals surface area contributed by atoms with Crippen LogP contribution in [0.2, 0.25) is 0 Å². The van der Waals surface area contributed by atoms with Crippen LogP contribution in [0.4, 0.5) is 0 Å². The third-order valence-corrected chi connectivity index (χ3v) is 5.70. The van der Waals surface area contributed by atoms with Crippen LogP contribution in [0.5, 0.6) is 0 Å². The number of nitrogens with zero attached hydrogens (tertiary/aromatic N) is 1. The van der Waals surface area contributed by atoms with Crippen molar-refractivity contribution in [2.45, 2.75) is 33.7 Å². The molecular formula is C20H20N2O4S. The Morgan fingerprint density at radius 1 is 1.19 bits per heavy atom. The minimum Gasteiger partial charge on any atom is -0.477 e. The Morgan fingerprint density at radius 2 is 1.85 bits per heavy atom. The molecule has 0 bridgehead atoms. The van der Waals surface area contributed by atoms with Gasteiger partial charge in [0.2, 0.25) is 0 Å². The Morgan fingerprint density at radius 3 is 2.44 bits per heavy atom. The highest BCUT2D eigenvalue weighted by molar-refractivity contribution is 7.13. The van der Waals surface area contributed by atoms with Gasteiger partial charge in [0, 0.05) is 11.1 Å². The van der Waals surface area contributed by atoms with E-state index in [1.807, 2.05) is 44.2 Å². The lowest BCUT2D eigenvalue weighted by Crippen LogP contribution is -2.27. The van der Waals surface area contributed by atoms with Gasteiger partial charge >= 0.3 is 5.97 Å². The second kappa shape index (κ2) is 7.36. The molecule has 0 saturated heterocycles. The van der Waals surface area contributed by atoms with Gasteiger partial charge in [-0.05, 0) is 27.7 Å². The molecule has 27 heavy (non-hydrogen) atoms. The van der Waals surface area contributed by atoms with Crippen LogP contribution in [0.15, 0.2) is 34.7 Å². The summed E-state index contributed by atoms with van der Waals surface area (Å²) in [5.41, 5.74) is 2.53. The van der Waals surface area contributed by atoms with Crippen LogP contribution in [0.1, 0.15) is 55.0 Å². The lowest BCUT2D eigenvalue weighted by molar-refractivity contribution is 0.0700. The zero-order valence-electron chi connectivity index (χ0n) is 15.5. The van der Waals surface area contributed by atoms with Crippen molar-refractivity contribution in [3.8, 4) is 11.3 Å². The van der Waals surface area contributed by atoms with Crippen LogP contribution in [0.25, 0.3) is 11.3 Å². The van der Waals surface area contributed by atoms with Crippen LogP contribution in [0, 0.1) is 20.8 Å². The summed E-state index contributed by atoms with van der Waals surface area (Å²) < 4.78 is 5.84. The highest BCUT2D eigenvalue weighted by Gasteiger charge is 2.25. The van der Waals surface area contributed by atoms with E-state index in [4.69, 9.17) is 4.42 Å². The van der Waals surface area contributed by atoms with Gasteiger partial charge in [-0.25, -0.2) is 9.78 Å². The first-order valence-electron chi connectivity index (χ1n) is 8.46. The molecule has 0 aliphatic rings. The van der Waals surface area contributed by atoms with E-state index < -0.39 is 12.0 Å². The number of amides is 1. The summed E-state index contributed by atoms with van der Waals surface area (Å²) in [6.45, 7) is 7.10. The number of carbonyl (C=O) groups excluding carboxylic acids is 1. The summed E-state index contributed by atoms with van der Waals surface area (Å²) in [5.74, 6) is -0.0790. The van der Waals surface area contributed by atoms with Gasteiger partial charge in [0.25, 0.3) is 5.91 Å². The quantitative estimate of drug-likeness (QED) is 0.675. The molecule has 1 atom stereocenters. The predicted octanol–water partition coefficient (Wildman–Crippen LogP) is 4.52. The fraction of sp³-hybridized carbons (Fsp3) is 0.250. The van der Waals surface area contributed by atoms with Crippen LogP contribution in [-0.4, -0.2) is 22.0 Å². The monoisotopic (exact) mass is 384 g/mol. The van der Waals surface area contributed by atoms with E-state index in [-0.39, 0.29) is 10.8 Å². The average molecular weight is 384 g/mol. The largest absolute Gasteiger partial charge is 0.477 e. The molecule has 1 aromatic carbocycles. The summed E-state index contributed by atoms with van der Waals surface area (Å²) in [7, 11) is 0. The molecule has 3 rings (SSSR count). The molecule has 0 saturated carbocycles. The Labute approximate surface area is 160 Å². The zero-order chi connectivity index (χ0) is 19.7. The maximum Gasteiger partial charge on any atom is 0.347 e. The third kappa shape index (κ3) is 3.64. The number of aromatic carboxylic acids is 1. The lowest BCUT2D eigenvalue weighted by atomic mass is 10.0. The van der Waals surface area contributed by atoms with Crippen molar-refractivity contribution in [1.82, 2.24) is 10.3 Å². The molecule has 0 fully saturated rings. The number of hydrogen-bond acceptors (Lipinski definition) is 5. The smallest absolute Gasteiger partial charge is 0.347 e. The summed E-state index contributed by atoms with van der Waals surface area (Å²) in [5, 5.41) is 12.7. The molecule has 1 unspecified atom stereocenters. The molecule has 7 heteroatoms. The van der Waals surface area contributed by atoms with E-state index in [1.165, 1.54) is 0 Å². The number of furan rings is 1. The minimum absolute atomic E-state index is 0.186. The first-order valence-corrected chi connectivity index (χ1v) is 9.28. The van der Waals surface area contributed by atoms with Gasteiger partial charge in [-0.15, -0.1) is 11.3 Å². The highest BCUT2D eigenvalue weighted by atomic mass is 32.1. The molecule has 1 amide bonds. The number of aryl methyl sites for hydroxylation is 2. The fourth-order valence-electron chi connectivity index (χ4n) is 2.82. The Kier molecular flexibility index (Phi) is 5.14. The van der Waals surface area contributed by atoms with Gasteiger partial charge in [-0.1, -0.05) is 30.3 Å². The summed E-state index contributed by atoms with van der Waals surface area (Å²) in [6, 6.07) is 9.03. The van der Waals surface area contributed by atoms with E-state index in [0.29, 0.717) is 27.8 Å². The first kappa shape index (κ1) is 18.8. The molecule has 3 aromatic rings. The number of aromatic nitrogens is 1. The third-order valence-electron chi connectivity index (χ3n) is 4.37. The van der Waals surface area contributed by atoms with E-state index >= 15 is 0 Å². The van der Waals surface area contributed by atoms with Crippen LogP contribution in [-0.2, 0) is 0 Å². The summed E-state index contributed by atoms with van der Waals surface area (Å²) >= 11 is 1.07. The zero-order valence-corrected chi connectivity index (χ0v) is 16.3. The Balaban J connectivity index is 1.91. The summed E-state index contributed by atoms with van der Waals surface area (Å²) in [4.78, 5) is 28.7. The molecule has 2 heterocycles. The topological polar surface area (TPSA) is 92.4 Å². The fourth-order valence-corrected chi connectivity index (χ4v) is 3.73. The predicted molar refractivity (Wildman–Crippen MR) is 103 cm³/mol. The molecule has 0 radical (unpaired) electrons. The van der Waals surface area contributed by atoms with Crippen molar-refractivity contribution in [3.63, 3.8) is 0 Å². The standard InChI is InChI=1S/C20H20N2O4S/c1-10-13(4)26-16(14-8-6-5-7-9-14)15(10)18(23)21-12(3)19-22-11(2)17(27-19)20(24)25/h5-9,12H,1-4H3,(H,21,23)(H,24,25). The number of carboxylic acid groups (broad SMARTS) is 1. The van der Waals surface area contributed by atoms with E-state index in [9.17, 15) is 14.7 Å². The van der Waals surface area contributed by atoms with Gasteiger partial charge in [-0.3, -0.25) is 4.79 Å². The molecule has 140 valence electrons. The number of hydrogen-bond donors (Lipinski definition) is 2. The van der Waals surface area contributed by atoms with Crippen molar-refractivity contribution >= 4 is 23.2 Å². The van der Waals surface area contributed by atoms with E-state index in [0.717, 1.165) is 22.5 Å². The number of nitrogens with one attached hydrogen (secondary N) is 1. The molecule has 2 aromatic heterocycles. The summed E-state index contributed by atoms with van der Waals surface area (Å²) in [6.07, 6.45) is 0. The van der Waals surface area contributed by atoms with Crippen molar-refractivity contribution in [2.75, 3.05) is 0 Å². The molecular weight excluding hydrogens is 364 g/mol. The Hall–Kier alpha value is -2.93. The molecule has 0 spiro atoms. The lowest BCUT2D eigenvalue weighted by Gasteiger charge is -2.12. The van der Waals surface area contributed by atoms with Crippen molar-refractivity contribution < 1.29 is 19.1 Å². The van der Waals surface area contributed by atoms with Crippen molar-refractivity contribution in [1.29, 1.82) is 0 Å². The SMILES string of the molecule is Cc1nc(C(C)NC(=O)c2c(-c3ccccc3)oc(C)c2C)sc1C(=O)O. The van der Waals surface area contributed by atoms with Crippen LogP contribution >= 0.6 is 11.3 Å². The average Bonchev–Trinajstić information content (AvgIpc) is 3.16. The molecule has 0 aliphatic heterocycles. The van der Waals surface area contributed by atoms with E-state index in [2.05, 4.69) is 10.3 Å². The minimum atomic E-state index is -1.01. The highest BCUT2D eigenvalue weighted by Crippen LogP contribution is 2.32. The van der Waals surface area contributed by atoms with Gasteiger partial charge in [0.1, 0.15) is 21.4 Å². The number of carbonyl (C=O) groups is 2. The van der Waals surface area contributed by atoms with Gasteiger partial charge < -0.3 is 14.8 Å². The van der Waals surface area contributed by atoms with Crippen molar-refractivity contribution in [3.05, 3.63) is 62.8 Å². The number of rotatable bonds is 5. The van der Waals surface area contributed by atoms with E-state index in [1.54, 1.807) is 13.8 Å². The van der Waals surface area contributed by atoms with Crippen LogP contribution < -0.4 is 5.32 Å². The van der Waals surface area contributed by atoms with Gasteiger partial charge in [0.05, 0.1) is 17.3 Å². The number of benzene rings is 1. The normalized spacial score (nSPS) is 12.0. The second-order valence-corrected chi connectivity index (χ2v) is 7.35. The number of carboxylic acids is 1. The Bertz CT molecular complexity index is 1000. The number of thiazole rings is 1. The van der Waals surface area contributed by atoms with Crippen LogP contribution in [0.3, 0.4) is 0 Å². The van der Waals surface area contributed by atoms with Gasteiger partial charge in [0.15, 0.2) is 0 Å². The first-order chi connectivity index (χ1) is 12.8. The maximum atomic E-state index is 13.0. The second-order valence-electron chi connectivity index (χ2n) is 6.32. The molecule has 2 N–H and O–H groups in total. The molecule has 0 aliphatic carbocycles. The van der Waals surface area contributed by atoms with Crippen molar-refractivity contribution in [2.24, 2.45) is 0 Å². The van der Waals surface area contributed by atoms with Gasteiger partial charge in [-0.2, -0.15) is 0 Å².